The maximum Gasteiger partial charge on any atom is 0.223 e. The molecule has 2 aromatic heterocycles. The van der Waals surface area contributed by atoms with Gasteiger partial charge in [-0.15, -0.1) is 0 Å². The highest BCUT2D eigenvalue weighted by Crippen LogP contribution is 2.06. The Morgan fingerprint density at radius 1 is 0.875 bits per heavy atom. The van der Waals surface area contributed by atoms with Gasteiger partial charge in [0.25, 0.3) is 0 Å². The van der Waals surface area contributed by atoms with E-state index in [1.54, 1.807) is 6.07 Å². The lowest BCUT2D eigenvalue weighted by molar-refractivity contribution is -0.577. The summed E-state index contributed by atoms with van der Waals surface area (Å²) < 4.78 is 0.870. The zero-order valence-corrected chi connectivity index (χ0v) is 8.71. The van der Waals surface area contributed by atoms with Gasteiger partial charge in [0.1, 0.15) is 0 Å². The highest BCUT2D eigenvalue weighted by Gasteiger charge is 1.97. The van der Waals surface area contributed by atoms with Gasteiger partial charge in [-0.05, 0) is 24.3 Å². The molecule has 0 saturated carbocycles. The van der Waals surface area contributed by atoms with E-state index in [9.17, 15) is 5.21 Å². The van der Waals surface area contributed by atoms with Crippen LogP contribution in [0.15, 0.2) is 67.1 Å². The summed E-state index contributed by atoms with van der Waals surface area (Å²) in [6.07, 6.45) is 5.25. The number of para-hydroxylation sites is 1. The molecule has 0 atom stereocenters. The molecule has 0 saturated heterocycles. The summed E-state index contributed by atoms with van der Waals surface area (Å²) in [7, 11) is 0. The molecule has 0 amide bonds. The zero-order chi connectivity index (χ0) is 11.2. The molecule has 0 aliphatic heterocycles. The number of rotatable bonds is 0. The first-order chi connectivity index (χ1) is 7.88. The second kappa shape index (κ2) is 4.98. The summed E-state index contributed by atoms with van der Waals surface area (Å²) in [6.45, 7) is 0. The lowest BCUT2D eigenvalue weighted by atomic mass is 10.2. The predicted molar refractivity (Wildman–Crippen MR) is 63.7 cm³/mol. The second-order valence-corrected chi connectivity index (χ2v) is 3.28. The van der Waals surface area contributed by atoms with E-state index in [1.165, 1.54) is 6.20 Å². The van der Waals surface area contributed by atoms with Crippen LogP contribution in [0.3, 0.4) is 0 Å². The van der Waals surface area contributed by atoms with Crippen molar-refractivity contribution in [1.82, 2.24) is 4.98 Å². The smallest absolute Gasteiger partial charge is 0.223 e. The minimum absolute atomic E-state index is 0.718. The summed E-state index contributed by atoms with van der Waals surface area (Å²) in [6, 6.07) is 15.1. The normalized spacial score (nSPS) is 9.50. The number of H-pyrrole nitrogens is 1. The average Bonchev–Trinajstić information content (AvgIpc) is 2.88. The van der Waals surface area contributed by atoms with Crippen molar-refractivity contribution >= 4 is 10.9 Å². The van der Waals surface area contributed by atoms with E-state index < -0.39 is 0 Å². The number of nitrogens with one attached hydrogen (secondary N) is 1. The maximum atomic E-state index is 11.1. The third-order valence-electron chi connectivity index (χ3n) is 2.17. The van der Waals surface area contributed by atoms with Crippen LogP contribution in [-0.4, -0.2) is 4.98 Å². The van der Waals surface area contributed by atoms with Gasteiger partial charge in [0.2, 0.25) is 5.52 Å². The Morgan fingerprint density at radius 3 is 2.19 bits per heavy atom. The van der Waals surface area contributed by atoms with Gasteiger partial charge in [0, 0.05) is 29.9 Å². The lowest BCUT2D eigenvalue weighted by Gasteiger charge is -1.98. The van der Waals surface area contributed by atoms with E-state index in [-0.39, 0.29) is 0 Å². The Hall–Kier alpha value is -2.29. The second-order valence-electron chi connectivity index (χ2n) is 3.28. The molecule has 0 aliphatic carbocycles. The average molecular weight is 212 g/mol. The number of hydrogen-bond acceptors (Lipinski definition) is 1. The molecule has 3 heteroatoms. The summed E-state index contributed by atoms with van der Waals surface area (Å²) in [5.41, 5.74) is 0.718. The maximum absolute atomic E-state index is 11.1. The van der Waals surface area contributed by atoms with E-state index in [2.05, 4.69) is 4.98 Å². The van der Waals surface area contributed by atoms with Crippen LogP contribution in [0, 0.1) is 5.21 Å². The lowest BCUT2D eigenvalue weighted by Crippen LogP contribution is -2.25. The van der Waals surface area contributed by atoms with Crippen molar-refractivity contribution in [2.75, 3.05) is 0 Å². The van der Waals surface area contributed by atoms with Crippen molar-refractivity contribution in [1.29, 1.82) is 0 Å². The van der Waals surface area contributed by atoms with Crippen molar-refractivity contribution in [2.45, 2.75) is 0 Å². The summed E-state index contributed by atoms with van der Waals surface area (Å²) in [4.78, 5) is 2.86. The Morgan fingerprint density at radius 2 is 1.56 bits per heavy atom. The number of hydrogen-bond donors (Lipinski definition) is 1. The third-order valence-corrected chi connectivity index (χ3v) is 2.17. The molecule has 1 aromatic carbocycles. The topological polar surface area (TPSA) is 42.7 Å². The molecule has 0 bridgehead atoms. The summed E-state index contributed by atoms with van der Waals surface area (Å²) in [5, 5.41) is 12.1. The number of fused-ring (bicyclic) bond motifs is 1. The molecular weight excluding hydrogens is 200 g/mol. The van der Waals surface area contributed by atoms with Crippen LogP contribution < -0.4 is 4.73 Å². The van der Waals surface area contributed by atoms with Gasteiger partial charge in [-0.3, -0.25) is 0 Å². The van der Waals surface area contributed by atoms with Gasteiger partial charge in [-0.1, -0.05) is 12.1 Å². The van der Waals surface area contributed by atoms with Gasteiger partial charge in [-0.2, -0.15) is 4.73 Å². The molecule has 0 spiro atoms. The van der Waals surface area contributed by atoms with E-state index in [0.717, 1.165) is 15.6 Å². The predicted octanol–water partition coefficient (Wildman–Crippen LogP) is 2.49. The fourth-order valence-corrected chi connectivity index (χ4v) is 1.41. The fourth-order valence-electron chi connectivity index (χ4n) is 1.41. The summed E-state index contributed by atoms with van der Waals surface area (Å²) >= 11 is 0. The van der Waals surface area contributed by atoms with Crippen LogP contribution in [0.25, 0.3) is 10.9 Å². The Balaban J connectivity index is 0.000000162. The molecule has 2 heterocycles. The molecule has 1 N–H and O–H groups in total. The molecule has 3 aromatic rings. The fraction of sp³-hybridized carbons (Fsp3) is 0. The number of aromatic nitrogens is 2. The third kappa shape index (κ3) is 2.39. The molecule has 3 nitrogen and oxygen atoms in total. The first-order valence-electron chi connectivity index (χ1n) is 5.02. The largest absolute Gasteiger partial charge is 0.618 e. The highest BCUT2D eigenvalue weighted by molar-refractivity contribution is 5.74. The molecule has 16 heavy (non-hydrogen) atoms. The number of pyridine rings is 1. The van der Waals surface area contributed by atoms with Crippen LogP contribution in [0.4, 0.5) is 0 Å². The minimum Gasteiger partial charge on any atom is -0.618 e. The SMILES string of the molecule is [O-][n+]1cccc2ccccc21.c1cc[nH]c1. The van der Waals surface area contributed by atoms with Crippen molar-refractivity contribution in [3.8, 4) is 0 Å². The van der Waals surface area contributed by atoms with E-state index >= 15 is 0 Å². The standard InChI is InChI=1S/C9H7NO.C4H5N/c11-10-7-3-5-8-4-1-2-6-9(8)10;1-2-4-5-3-1/h1-7H;1-5H. The summed E-state index contributed by atoms with van der Waals surface area (Å²) in [5.74, 6) is 0. The Kier molecular flexibility index (Phi) is 3.18. The first-order valence-corrected chi connectivity index (χ1v) is 5.02. The van der Waals surface area contributed by atoms with Gasteiger partial charge in [-0.25, -0.2) is 0 Å². The molecule has 0 unspecified atom stereocenters. The zero-order valence-electron chi connectivity index (χ0n) is 8.71. The van der Waals surface area contributed by atoms with Gasteiger partial charge in [0.15, 0.2) is 6.20 Å². The monoisotopic (exact) mass is 212 g/mol. The van der Waals surface area contributed by atoms with Crippen LogP contribution in [0.5, 0.6) is 0 Å². The number of nitrogens with zero attached hydrogens (tertiary/aromatic N) is 1. The van der Waals surface area contributed by atoms with Crippen LogP contribution in [-0.2, 0) is 0 Å². The van der Waals surface area contributed by atoms with E-state index in [4.69, 9.17) is 0 Å². The van der Waals surface area contributed by atoms with Gasteiger partial charge < -0.3 is 10.2 Å². The highest BCUT2D eigenvalue weighted by atomic mass is 16.5. The van der Waals surface area contributed by atoms with E-state index in [0.29, 0.717) is 0 Å². The number of aromatic amines is 1. The van der Waals surface area contributed by atoms with Crippen LogP contribution >= 0.6 is 0 Å². The molecule has 3 rings (SSSR count). The van der Waals surface area contributed by atoms with Gasteiger partial charge in [0.05, 0.1) is 0 Å². The molecule has 0 radical (unpaired) electrons. The molecule has 80 valence electrons. The van der Waals surface area contributed by atoms with Crippen molar-refractivity contribution in [2.24, 2.45) is 0 Å². The van der Waals surface area contributed by atoms with Crippen LogP contribution in [0.1, 0.15) is 0 Å². The minimum atomic E-state index is 0.718. The van der Waals surface area contributed by atoms with Crippen LogP contribution in [0.2, 0.25) is 0 Å². The van der Waals surface area contributed by atoms with Crippen molar-refractivity contribution in [3.63, 3.8) is 0 Å². The molecule has 0 fully saturated rings. The molecule has 0 aliphatic rings. The van der Waals surface area contributed by atoms with E-state index in [1.807, 2.05) is 54.9 Å². The molecular formula is C13H12N2O. The van der Waals surface area contributed by atoms with Gasteiger partial charge >= 0.3 is 0 Å². The first kappa shape index (κ1) is 10.2. The Bertz CT molecular complexity index is 524. The van der Waals surface area contributed by atoms with Crippen molar-refractivity contribution in [3.05, 3.63) is 72.3 Å². The van der Waals surface area contributed by atoms with Crippen molar-refractivity contribution < 1.29 is 4.73 Å². The Labute approximate surface area is 93.6 Å². The number of benzene rings is 1. The quantitative estimate of drug-likeness (QED) is 0.451.